The van der Waals surface area contributed by atoms with Crippen molar-refractivity contribution in [1.29, 1.82) is 0 Å². The van der Waals surface area contributed by atoms with Crippen molar-refractivity contribution in [3.05, 3.63) is 47.8 Å². The summed E-state index contributed by atoms with van der Waals surface area (Å²) in [6, 6.07) is 9.32. The van der Waals surface area contributed by atoms with Crippen molar-refractivity contribution in [2.75, 3.05) is 11.1 Å². The second-order valence-corrected chi connectivity index (χ2v) is 5.24. The van der Waals surface area contributed by atoms with Crippen LogP contribution in [0.2, 0.25) is 0 Å². The van der Waals surface area contributed by atoms with Crippen LogP contribution in [-0.2, 0) is 0 Å². The van der Waals surface area contributed by atoms with Gasteiger partial charge in [-0.15, -0.1) is 0 Å². The SMILES string of the molecule is Nc1ccc(C(=O)Nc2cccc3n[se]nc23)cc1F. The van der Waals surface area contributed by atoms with Crippen LogP contribution >= 0.6 is 0 Å². The summed E-state index contributed by atoms with van der Waals surface area (Å²) in [5.74, 6) is -1.02. The van der Waals surface area contributed by atoms with E-state index < -0.39 is 11.7 Å². The monoisotopic (exact) mass is 336 g/mol. The fraction of sp³-hybridized carbons (Fsp3) is 0. The summed E-state index contributed by atoms with van der Waals surface area (Å²) < 4.78 is 21.9. The number of nitrogen functional groups attached to an aromatic ring is 1. The van der Waals surface area contributed by atoms with Gasteiger partial charge in [0.25, 0.3) is 0 Å². The Morgan fingerprint density at radius 3 is 2.90 bits per heavy atom. The van der Waals surface area contributed by atoms with E-state index in [9.17, 15) is 9.18 Å². The third-order valence-corrected chi connectivity index (χ3v) is 3.94. The summed E-state index contributed by atoms with van der Waals surface area (Å²) in [5.41, 5.74) is 7.62. The Bertz CT molecular complexity index is 802. The number of rotatable bonds is 2. The standard InChI is InChI=1S/C13H9FN4OSe/c14-8-6-7(4-5-9(8)15)13(19)16-10-2-1-3-11-12(10)18-20-17-11/h1-6H,15H2,(H,16,19). The van der Waals surface area contributed by atoms with Crippen molar-refractivity contribution in [2.45, 2.75) is 0 Å². The topological polar surface area (TPSA) is 80.9 Å². The molecule has 0 radical (unpaired) electrons. The van der Waals surface area contributed by atoms with Gasteiger partial charge in [0.1, 0.15) is 0 Å². The average Bonchev–Trinajstić information content (AvgIpc) is 2.91. The van der Waals surface area contributed by atoms with Crippen LogP contribution in [0.4, 0.5) is 15.8 Å². The first-order valence-electron chi connectivity index (χ1n) is 5.73. The molecule has 7 heteroatoms. The van der Waals surface area contributed by atoms with Crippen molar-refractivity contribution in [3.8, 4) is 0 Å². The first-order valence-corrected chi connectivity index (χ1v) is 7.26. The Morgan fingerprint density at radius 2 is 2.10 bits per heavy atom. The van der Waals surface area contributed by atoms with Crippen LogP contribution in [0.1, 0.15) is 10.4 Å². The van der Waals surface area contributed by atoms with Crippen LogP contribution in [0.3, 0.4) is 0 Å². The maximum atomic E-state index is 13.4. The summed E-state index contributed by atoms with van der Waals surface area (Å²) >= 11 is -0.170. The maximum absolute atomic E-state index is 13.4. The molecular formula is C13H9FN4OSe. The average molecular weight is 335 g/mol. The molecule has 0 aliphatic heterocycles. The van der Waals surface area contributed by atoms with E-state index in [1.807, 2.05) is 6.07 Å². The van der Waals surface area contributed by atoms with Gasteiger partial charge < -0.3 is 0 Å². The Hall–Kier alpha value is -2.24. The van der Waals surface area contributed by atoms with Gasteiger partial charge in [0.05, 0.1) is 0 Å². The Labute approximate surface area is 119 Å². The number of benzene rings is 2. The zero-order chi connectivity index (χ0) is 14.1. The van der Waals surface area contributed by atoms with Crippen molar-refractivity contribution in [3.63, 3.8) is 0 Å². The van der Waals surface area contributed by atoms with E-state index in [0.29, 0.717) is 11.2 Å². The van der Waals surface area contributed by atoms with E-state index in [1.165, 1.54) is 12.1 Å². The summed E-state index contributed by atoms with van der Waals surface area (Å²) in [4.78, 5) is 12.1. The van der Waals surface area contributed by atoms with Gasteiger partial charge >= 0.3 is 119 Å². The second kappa shape index (κ2) is 5.03. The number of carbonyl (C=O) groups excluding carboxylic acids is 1. The minimum absolute atomic E-state index is 0.0126. The molecule has 1 amide bonds. The number of amides is 1. The third-order valence-electron chi connectivity index (χ3n) is 2.80. The van der Waals surface area contributed by atoms with Crippen molar-refractivity contribution in [1.82, 2.24) is 7.96 Å². The van der Waals surface area contributed by atoms with Gasteiger partial charge in [-0.25, -0.2) is 0 Å². The molecule has 20 heavy (non-hydrogen) atoms. The van der Waals surface area contributed by atoms with Crippen LogP contribution in [-0.4, -0.2) is 28.8 Å². The molecule has 3 aromatic rings. The number of aromatic nitrogens is 2. The molecule has 0 aliphatic carbocycles. The summed E-state index contributed by atoms with van der Waals surface area (Å²) in [5, 5.41) is 2.72. The van der Waals surface area contributed by atoms with Crippen molar-refractivity contribution >= 4 is 43.3 Å². The van der Waals surface area contributed by atoms with Crippen molar-refractivity contribution in [2.24, 2.45) is 0 Å². The number of nitrogens with zero attached hydrogens (tertiary/aromatic N) is 2. The quantitative estimate of drug-likeness (QED) is 0.551. The molecule has 0 unspecified atom stereocenters. The summed E-state index contributed by atoms with van der Waals surface area (Å²) in [6.07, 6.45) is 0. The molecule has 3 N–H and O–H groups in total. The van der Waals surface area contributed by atoms with Crippen LogP contribution < -0.4 is 11.1 Å². The van der Waals surface area contributed by atoms with Gasteiger partial charge in [0.2, 0.25) is 0 Å². The molecule has 3 rings (SSSR count). The van der Waals surface area contributed by atoms with Gasteiger partial charge in [-0.2, -0.15) is 0 Å². The van der Waals surface area contributed by atoms with Gasteiger partial charge in [-0.1, -0.05) is 0 Å². The van der Waals surface area contributed by atoms with E-state index in [0.717, 1.165) is 11.6 Å². The van der Waals surface area contributed by atoms with Crippen molar-refractivity contribution < 1.29 is 9.18 Å². The molecule has 0 saturated heterocycles. The zero-order valence-electron chi connectivity index (χ0n) is 10.1. The molecule has 1 aromatic heterocycles. The molecule has 0 bridgehead atoms. The first kappa shape index (κ1) is 12.8. The van der Waals surface area contributed by atoms with E-state index in [-0.39, 0.29) is 26.2 Å². The minimum atomic E-state index is -0.612. The van der Waals surface area contributed by atoms with Gasteiger partial charge in [0.15, 0.2) is 0 Å². The molecule has 100 valence electrons. The number of hydrogen-bond acceptors (Lipinski definition) is 4. The van der Waals surface area contributed by atoms with Crippen LogP contribution in [0.15, 0.2) is 36.4 Å². The number of fused-ring (bicyclic) bond motifs is 1. The molecule has 5 nitrogen and oxygen atoms in total. The zero-order valence-corrected chi connectivity index (χ0v) is 11.8. The van der Waals surface area contributed by atoms with E-state index >= 15 is 0 Å². The van der Waals surface area contributed by atoms with Crippen LogP contribution in [0.5, 0.6) is 0 Å². The fourth-order valence-corrected chi connectivity index (χ4v) is 2.92. The number of hydrogen-bond donors (Lipinski definition) is 2. The molecule has 2 aromatic carbocycles. The Morgan fingerprint density at radius 1 is 1.25 bits per heavy atom. The van der Waals surface area contributed by atoms with E-state index in [4.69, 9.17) is 5.73 Å². The predicted molar refractivity (Wildman–Crippen MR) is 75.2 cm³/mol. The normalized spacial score (nSPS) is 10.7. The van der Waals surface area contributed by atoms with E-state index in [2.05, 4.69) is 13.3 Å². The van der Waals surface area contributed by atoms with Crippen LogP contribution in [0.25, 0.3) is 11.0 Å². The van der Waals surface area contributed by atoms with Gasteiger partial charge in [-0.05, 0) is 0 Å². The third kappa shape index (κ3) is 2.29. The number of nitrogens with two attached hydrogens (primary N) is 1. The number of anilines is 2. The first-order chi connectivity index (χ1) is 9.65. The molecule has 0 aliphatic rings. The molecule has 0 fully saturated rings. The van der Waals surface area contributed by atoms with Gasteiger partial charge in [-0.3, -0.25) is 0 Å². The number of halogens is 1. The summed E-state index contributed by atoms with van der Waals surface area (Å²) in [6.45, 7) is 0. The van der Waals surface area contributed by atoms with Gasteiger partial charge in [0, 0.05) is 0 Å². The number of carbonyl (C=O) groups is 1. The Balaban J connectivity index is 1.92. The predicted octanol–water partition coefficient (Wildman–Crippen LogP) is 1.66. The summed E-state index contributed by atoms with van der Waals surface area (Å²) in [7, 11) is 0. The molecule has 0 spiro atoms. The Kier molecular flexibility index (Phi) is 3.21. The van der Waals surface area contributed by atoms with Crippen LogP contribution in [0, 0.1) is 5.82 Å². The molecule has 0 saturated carbocycles. The molecular weight excluding hydrogens is 326 g/mol. The number of nitrogens with one attached hydrogen (secondary N) is 1. The molecule has 0 atom stereocenters. The van der Waals surface area contributed by atoms with E-state index in [1.54, 1.807) is 12.1 Å². The second-order valence-electron chi connectivity index (χ2n) is 4.13. The fourth-order valence-electron chi connectivity index (χ4n) is 1.77. The molecule has 1 heterocycles.